The molecule has 0 bridgehead atoms. The summed E-state index contributed by atoms with van der Waals surface area (Å²) in [5, 5.41) is 0. The minimum Gasteiger partial charge on any atom is -0.467 e. The van der Waals surface area contributed by atoms with E-state index >= 15 is 0 Å². The molecule has 0 aromatic heterocycles. The summed E-state index contributed by atoms with van der Waals surface area (Å²) < 4.78 is 9.74. The van der Waals surface area contributed by atoms with Crippen LogP contribution in [-0.2, 0) is 30.3 Å². The normalized spacial score (nSPS) is 17.1. The van der Waals surface area contributed by atoms with Crippen LogP contribution in [0.3, 0.4) is 0 Å². The topological polar surface area (TPSA) is 72.9 Å². The second-order valence-electron chi connectivity index (χ2n) is 6.87. The number of amides is 1. The number of ether oxygens (including phenoxy) is 2. The number of nitrogens with zero attached hydrogens (tertiary/aromatic N) is 1. The highest BCUT2D eigenvalue weighted by molar-refractivity contribution is 5.91. The number of hydrogen-bond donors (Lipinski definition) is 0. The molecule has 0 aliphatic carbocycles. The fourth-order valence-corrected chi connectivity index (χ4v) is 3.21. The van der Waals surface area contributed by atoms with Gasteiger partial charge in [0, 0.05) is 26.0 Å². The van der Waals surface area contributed by atoms with Gasteiger partial charge in [0.1, 0.15) is 6.61 Å². The van der Waals surface area contributed by atoms with E-state index < -0.39 is 5.97 Å². The third-order valence-corrected chi connectivity index (χ3v) is 4.72. The molecule has 1 aromatic carbocycles. The van der Waals surface area contributed by atoms with Gasteiger partial charge in [-0.3, -0.25) is 9.59 Å². The lowest BCUT2D eigenvalue weighted by molar-refractivity contribution is -0.145. The Morgan fingerprint density at radius 3 is 2.75 bits per heavy atom. The van der Waals surface area contributed by atoms with Crippen LogP contribution in [0.5, 0.6) is 0 Å². The Morgan fingerprint density at radius 1 is 1.21 bits per heavy atom. The van der Waals surface area contributed by atoms with Crippen molar-refractivity contribution in [2.45, 2.75) is 44.6 Å². The molecule has 1 unspecified atom stereocenters. The van der Waals surface area contributed by atoms with E-state index in [-0.39, 0.29) is 24.3 Å². The molecule has 152 valence electrons. The van der Waals surface area contributed by atoms with Gasteiger partial charge in [0.05, 0.1) is 13.2 Å². The molecule has 1 aromatic rings. The van der Waals surface area contributed by atoms with Crippen molar-refractivity contribution < 1.29 is 23.9 Å². The van der Waals surface area contributed by atoms with E-state index in [0.29, 0.717) is 26.0 Å². The Bertz CT molecular complexity index is 671. The second-order valence-corrected chi connectivity index (χ2v) is 6.87. The molecule has 6 heteroatoms. The van der Waals surface area contributed by atoms with Crippen LogP contribution in [0.25, 0.3) is 0 Å². The minimum atomic E-state index is -0.392. The quantitative estimate of drug-likeness (QED) is 0.332. The first-order valence-corrected chi connectivity index (χ1v) is 9.79. The lowest BCUT2D eigenvalue weighted by atomic mass is 9.99. The van der Waals surface area contributed by atoms with Gasteiger partial charge in [-0.2, -0.15) is 0 Å². The summed E-state index contributed by atoms with van der Waals surface area (Å²) in [6, 6.07) is 9.60. The van der Waals surface area contributed by atoms with E-state index in [0.717, 1.165) is 31.2 Å². The van der Waals surface area contributed by atoms with Crippen molar-refractivity contribution in [3.8, 4) is 0 Å². The molecule has 1 heterocycles. The molecule has 1 atom stereocenters. The van der Waals surface area contributed by atoms with Crippen LogP contribution < -0.4 is 0 Å². The SMILES string of the molecule is COC(=O)COCCCCN1C(=O)CCCC1C=CC(=O)Cc1ccccc1. The zero-order chi connectivity index (χ0) is 20.2. The summed E-state index contributed by atoms with van der Waals surface area (Å²) in [6.07, 6.45) is 7.67. The Labute approximate surface area is 166 Å². The molecular weight excluding hydrogens is 358 g/mol. The maximum absolute atomic E-state index is 12.3. The fourth-order valence-electron chi connectivity index (χ4n) is 3.21. The Kier molecular flexibility index (Phi) is 9.42. The van der Waals surface area contributed by atoms with Gasteiger partial charge in [-0.25, -0.2) is 4.79 Å². The molecule has 6 nitrogen and oxygen atoms in total. The molecule has 28 heavy (non-hydrogen) atoms. The number of allylic oxidation sites excluding steroid dienone is 1. The number of piperidine rings is 1. The maximum Gasteiger partial charge on any atom is 0.331 e. The minimum absolute atomic E-state index is 0.0306. The highest BCUT2D eigenvalue weighted by Gasteiger charge is 2.25. The van der Waals surface area contributed by atoms with Crippen LogP contribution in [0.15, 0.2) is 42.5 Å². The van der Waals surface area contributed by atoms with Gasteiger partial charge in [-0.1, -0.05) is 36.4 Å². The molecule has 0 spiro atoms. The van der Waals surface area contributed by atoms with Crippen molar-refractivity contribution in [1.82, 2.24) is 4.90 Å². The first-order chi connectivity index (χ1) is 13.6. The van der Waals surface area contributed by atoms with Gasteiger partial charge in [0.15, 0.2) is 5.78 Å². The van der Waals surface area contributed by atoms with E-state index in [1.807, 2.05) is 41.3 Å². The first-order valence-electron chi connectivity index (χ1n) is 9.79. The Hall–Kier alpha value is -2.47. The van der Waals surface area contributed by atoms with E-state index in [1.165, 1.54) is 7.11 Å². The van der Waals surface area contributed by atoms with Crippen molar-refractivity contribution in [1.29, 1.82) is 0 Å². The number of unbranched alkanes of at least 4 members (excludes halogenated alkanes) is 1. The average Bonchev–Trinajstić information content (AvgIpc) is 2.70. The summed E-state index contributed by atoms with van der Waals surface area (Å²) >= 11 is 0. The monoisotopic (exact) mass is 387 g/mol. The number of carbonyl (C=O) groups is 3. The molecule has 1 saturated heterocycles. The lowest BCUT2D eigenvalue weighted by Gasteiger charge is -2.34. The van der Waals surface area contributed by atoms with E-state index in [2.05, 4.69) is 4.74 Å². The highest BCUT2D eigenvalue weighted by atomic mass is 16.6. The highest BCUT2D eigenvalue weighted by Crippen LogP contribution is 2.20. The lowest BCUT2D eigenvalue weighted by Crippen LogP contribution is -2.43. The third kappa shape index (κ3) is 7.64. The number of carbonyl (C=O) groups excluding carboxylic acids is 3. The van der Waals surface area contributed by atoms with Crippen LogP contribution >= 0.6 is 0 Å². The molecule has 0 radical (unpaired) electrons. The van der Waals surface area contributed by atoms with E-state index in [1.54, 1.807) is 6.08 Å². The summed E-state index contributed by atoms with van der Waals surface area (Å²) in [5.74, 6) is -0.219. The predicted molar refractivity (Wildman–Crippen MR) is 106 cm³/mol. The van der Waals surface area contributed by atoms with Crippen LogP contribution in [0.2, 0.25) is 0 Å². The standard InChI is InChI=1S/C22H29NO5/c1-27-22(26)17-28-15-6-5-14-23-19(10-7-11-21(23)25)12-13-20(24)16-18-8-3-2-4-9-18/h2-4,8-9,12-13,19H,5-7,10-11,14-17H2,1H3. The van der Waals surface area contributed by atoms with Gasteiger partial charge in [0.2, 0.25) is 5.91 Å². The molecule has 0 saturated carbocycles. The fraction of sp³-hybridized carbons (Fsp3) is 0.500. The van der Waals surface area contributed by atoms with Crippen LogP contribution in [0.4, 0.5) is 0 Å². The number of rotatable bonds is 11. The van der Waals surface area contributed by atoms with Crippen LogP contribution in [0.1, 0.15) is 37.7 Å². The van der Waals surface area contributed by atoms with Gasteiger partial charge in [0.25, 0.3) is 0 Å². The predicted octanol–water partition coefficient (Wildman–Crippen LogP) is 2.71. The number of ketones is 1. The number of likely N-dealkylation sites (tertiary alicyclic amines) is 1. The van der Waals surface area contributed by atoms with Crippen molar-refractivity contribution >= 4 is 17.7 Å². The number of esters is 1. The van der Waals surface area contributed by atoms with Crippen molar-refractivity contribution in [2.24, 2.45) is 0 Å². The molecule has 1 amide bonds. The smallest absolute Gasteiger partial charge is 0.331 e. The Morgan fingerprint density at radius 2 is 2.00 bits per heavy atom. The zero-order valence-corrected chi connectivity index (χ0v) is 16.5. The average molecular weight is 387 g/mol. The zero-order valence-electron chi connectivity index (χ0n) is 16.5. The van der Waals surface area contributed by atoms with Gasteiger partial charge >= 0.3 is 5.97 Å². The summed E-state index contributed by atoms with van der Waals surface area (Å²) in [7, 11) is 1.33. The molecule has 2 rings (SSSR count). The number of methoxy groups -OCH3 is 1. The van der Waals surface area contributed by atoms with Crippen molar-refractivity contribution in [3.05, 3.63) is 48.0 Å². The molecule has 1 aliphatic heterocycles. The summed E-state index contributed by atoms with van der Waals surface area (Å²) in [4.78, 5) is 37.4. The van der Waals surface area contributed by atoms with E-state index in [4.69, 9.17) is 4.74 Å². The molecule has 0 N–H and O–H groups in total. The van der Waals surface area contributed by atoms with Gasteiger partial charge in [-0.05, 0) is 37.3 Å². The summed E-state index contributed by atoms with van der Waals surface area (Å²) in [5.41, 5.74) is 0.987. The number of benzene rings is 1. The van der Waals surface area contributed by atoms with Crippen molar-refractivity contribution in [3.63, 3.8) is 0 Å². The van der Waals surface area contributed by atoms with Gasteiger partial charge in [-0.15, -0.1) is 0 Å². The first kappa shape index (κ1) is 21.8. The maximum atomic E-state index is 12.3. The largest absolute Gasteiger partial charge is 0.467 e. The molecule has 1 aliphatic rings. The number of hydrogen-bond acceptors (Lipinski definition) is 5. The van der Waals surface area contributed by atoms with Crippen molar-refractivity contribution in [2.75, 3.05) is 26.9 Å². The van der Waals surface area contributed by atoms with Crippen LogP contribution in [0, 0.1) is 0 Å². The second kappa shape index (κ2) is 12.1. The van der Waals surface area contributed by atoms with E-state index in [9.17, 15) is 14.4 Å². The molecular formula is C22H29NO5. The summed E-state index contributed by atoms with van der Waals surface area (Å²) in [6.45, 7) is 1.03. The van der Waals surface area contributed by atoms with Crippen LogP contribution in [-0.4, -0.2) is 55.5 Å². The third-order valence-electron chi connectivity index (χ3n) is 4.72. The molecule has 1 fully saturated rings. The Balaban J connectivity index is 1.78. The van der Waals surface area contributed by atoms with Gasteiger partial charge < -0.3 is 14.4 Å².